The Kier molecular flexibility index (Phi) is 4.85. The summed E-state index contributed by atoms with van der Waals surface area (Å²) in [4.78, 5) is 0. The molecule has 0 aliphatic rings. The molecular weight excluding hydrogens is 306 g/mol. The van der Waals surface area contributed by atoms with Gasteiger partial charge in [0, 0.05) is 22.2 Å². The van der Waals surface area contributed by atoms with Gasteiger partial charge in [-0.15, -0.1) is 0 Å². The first-order valence-electron chi connectivity index (χ1n) is 6.19. The monoisotopic (exact) mass is 317 g/mol. The SMILES string of the molecule is CNC(Cc1c(F)cccc1Cl)c1ccc(F)c(F)c1F. The van der Waals surface area contributed by atoms with Crippen LogP contribution in [0.25, 0.3) is 0 Å². The zero-order valence-electron chi connectivity index (χ0n) is 11.1. The van der Waals surface area contributed by atoms with Crippen molar-refractivity contribution in [2.45, 2.75) is 12.5 Å². The average molecular weight is 318 g/mol. The zero-order chi connectivity index (χ0) is 15.6. The Bertz CT molecular complexity index is 640. The van der Waals surface area contributed by atoms with Crippen LogP contribution in [0.15, 0.2) is 30.3 Å². The summed E-state index contributed by atoms with van der Waals surface area (Å²) in [6.07, 6.45) is 0.00397. The maximum absolute atomic E-state index is 13.8. The van der Waals surface area contributed by atoms with E-state index in [0.717, 1.165) is 12.1 Å². The molecule has 0 amide bonds. The van der Waals surface area contributed by atoms with Gasteiger partial charge in [-0.05, 0) is 31.7 Å². The second kappa shape index (κ2) is 6.45. The first kappa shape index (κ1) is 15.8. The van der Waals surface area contributed by atoms with Crippen LogP contribution in [0.4, 0.5) is 17.6 Å². The molecule has 0 saturated carbocycles. The first-order valence-corrected chi connectivity index (χ1v) is 6.57. The molecule has 21 heavy (non-hydrogen) atoms. The highest BCUT2D eigenvalue weighted by Crippen LogP contribution is 2.28. The molecule has 2 aromatic carbocycles. The van der Waals surface area contributed by atoms with Gasteiger partial charge in [0.15, 0.2) is 17.5 Å². The summed E-state index contributed by atoms with van der Waals surface area (Å²) >= 11 is 5.92. The molecule has 1 atom stereocenters. The van der Waals surface area contributed by atoms with Crippen molar-refractivity contribution >= 4 is 11.6 Å². The van der Waals surface area contributed by atoms with Crippen LogP contribution >= 0.6 is 11.6 Å². The highest BCUT2D eigenvalue weighted by molar-refractivity contribution is 6.31. The fourth-order valence-corrected chi connectivity index (χ4v) is 2.35. The van der Waals surface area contributed by atoms with Crippen LogP contribution in [0.5, 0.6) is 0 Å². The number of likely N-dealkylation sites (N-methyl/N-ethyl adjacent to an activating group) is 1. The molecule has 0 aliphatic heterocycles. The molecule has 6 heteroatoms. The lowest BCUT2D eigenvalue weighted by atomic mass is 9.98. The van der Waals surface area contributed by atoms with Gasteiger partial charge in [0.1, 0.15) is 5.82 Å². The third-order valence-electron chi connectivity index (χ3n) is 3.26. The number of nitrogens with one attached hydrogen (secondary N) is 1. The number of rotatable bonds is 4. The van der Waals surface area contributed by atoms with E-state index in [1.807, 2.05) is 0 Å². The minimum absolute atomic E-state index is 0.00397. The molecule has 0 saturated heterocycles. The van der Waals surface area contributed by atoms with Gasteiger partial charge in [0.05, 0.1) is 0 Å². The lowest BCUT2D eigenvalue weighted by Crippen LogP contribution is -2.21. The van der Waals surface area contributed by atoms with Gasteiger partial charge in [-0.2, -0.15) is 0 Å². The van der Waals surface area contributed by atoms with E-state index in [1.54, 1.807) is 0 Å². The van der Waals surface area contributed by atoms with Crippen LogP contribution in [-0.2, 0) is 6.42 Å². The number of hydrogen-bond donors (Lipinski definition) is 1. The fraction of sp³-hybridized carbons (Fsp3) is 0.200. The summed E-state index contributed by atoms with van der Waals surface area (Å²) < 4.78 is 53.9. The second-order valence-electron chi connectivity index (χ2n) is 4.51. The Morgan fingerprint density at radius 2 is 1.71 bits per heavy atom. The van der Waals surface area contributed by atoms with Crippen molar-refractivity contribution in [3.8, 4) is 0 Å². The minimum Gasteiger partial charge on any atom is -0.313 e. The molecule has 1 N–H and O–H groups in total. The molecule has 2 rings (SSSR count). The van der Waals surface area contributed by atoms with Crippen molar-refractivity contribution in [3.05, 3.63) is 69.8 Å². The molecule has 2 aromatic rings. The van der Waals surface area contributed by atoms with Gasteiger partial charge < -0.3 is 5.32 Å². The second-order valence-corrected chi connectivity index (χ2v) is 4.92. The molecule has 0 spiro atoms. The van der Waals surface area contributed by atoms with Crippen molar-refractivity contribution in [1.82, 2.24) is 5.32 Å². The third kappa shape index (κ3) is 3.19. The van der Waals surface area contributed by atoms with Crippen LogP contribution < -0.4 is 5.32 Å². The molecule has 1 unspecified atom stereocenters. The maximum Gasteiger partial charge on any atom is 0.194 e. The summed E-state index contributed by atoms with van der Waals surface area (Å²) in [6.45, 7) is 0. The lowest BCUT2D eigenvalue weighted by molar-refractivity contribution is 0.427. The minimum atomic E-state index is -1.55. The summed E-state index contributed by atoms with van der Waals surface area (Å²) in [5, 5.41) is 2.95. The van der Waals surface area contributed by atoms with Gasteiger partial charge in [0.25, 0.3) is 0 Å². The average Bonchev–Trinajstić information content (AvgIpc) is 2.46. The van der Waals surface area contributed by atoms with Crippen molar-refractivity contribution in [1.29, 1.82) is 0 Å². The molecule has 0 radical (unpaired) electrons. The molecule has 1 nitrogen and oxygen atoms in total. The summed E-state index contributed by atoms with van der Waals surface area (Å²) in [7, 11) is 1.51. The number of halogens is 5. The van der Waals surface area contributed by atoms with Gasteiger partial charge in [0.2, 0.25) is 0 Å². The molecular formula is C15H12ClF4N. The van der Waals surface area contributed by atoms with Crippen molar-refractivity contribution < 1.29 is 17.6 Å². The Labute approximate surface area is 124 Å². The molecule has 0 fully saturated rings. The highest BCUT2D eigenvalue weighted by Gasteiger charge is 2.22. The summed E-state index contributed by atoms with van der Waals surface area (Å²) in [5.41, 5.74) is 0.0957. The fourth-order valence-electron chi connectivity index (χ4n) is 2.11. The van der Waals surface area contributed by atoms with E-state index >= 15 is 0 Å². The number of benzene rings is 2. The van der Waals surface area contributed by atoms with Gasteiger partial charge >= 0.3 is 0 Å². The highest BCUT2D eigenvalue weighted by atomic mass is 35.5. The van der Waals surface area contributed by atoms with E-state index in [0.29, 0.717) is 0 Å². The molecule has 0 aromatic heterocycles. The Morgan fingerprint density at radius 1 is 1.00 bits per heavy atom. The van der Waals surface area contributed by atoms with Crippen LogP contribution in [0.3, 0.4) is 0 Å². The number of hydrogen-bond acceptors (Lipinski definition) is 1. The first-order chi connectivity index (χ1) is 9.95. The molecule has 0 aliphatic carbocycles. The van der Waals surface area contributed by atoms with Crippen LogP contribution in [0.1, 0.15) is 17.2 Å². The maximum atomic E-state index is 13.8. The Hall–Kier alpha value is -1.59. The summed E-state index contributed by atoms with van der Waals surface area (Å²) in [6, 6.07) is 5.41. The third-order valence-corrected chi connectivity index (χ3v) is 3.61. The van der Waals surface area contributed by atoms with Crippen molar-refractivity contribution in [2.75, 3.05) is 7.05 Å². The Morgan fingerprint density at radius 3 is 2.33 bits per heavy atom. The van der Waals surface area contributed by atoms with Crippen LogP contribution in [0.2, 0.25) is 5.02 Å². The predicted octanol–water partition coefficient (Wildman–Crippen LogP) is 4.40. The van der Waals surface area contributed by atoms with E-state index in [4.69, 9.17) is 11.6 Å². The van der Waals surface area contributed by atoms with E-state index in [9.17, 15) is 17.6 Å². The summed E-state index contributed by atoms with van der Waals surface area (Å²) in [5.74, 6) is -4.64. The van der Waals surface area contributed by atoms with Crippen molar-refractivity contribution in [3.63, 3.8) is 0 Å². The quantitative estimate of drug-likeness (QED) is 0.651. The topological polar surface area (TPSA) is 12.0 Å². The smallest absolute Gasteiger partial charge is 0.194 e. The lowest BCUT2D eigenvalue weighted by Gasteiger charge is -2.19. The molecule has 0 bridgehead atoms. The molecule has 112 valence electrons. The van der Waals surface area contributed by atoms with E-state index in [1.165, 1.54) is 25.2 Å². The largest absolute Gasteiger partial charge is 0.313 e. The standard InChI is InChI=1S/C15H12ClF4N/c1-21-13(7-9-10(16)3-2-4-11(9)17)8-5-6-12(18)15(20)14(8)19/h2-6,13,21H,7H2,1H3. The normalized spacial score (nSPS) is 12.5. The Balaban J connectivity index is 2.40. The van der Waals surface area contributed by atoms with Gasteiger partial charge in [-0.3, -0.25) is 0 Å². The van der Waals surface area contributed by atoms with E-state index in [2.05, 4.69) is 5.32 Å². The van der Waals surface area contributed by atoms with Crippen molar-refractivity contribution in [2.24, 2.45) is 0 Å². The van der Waals surface area contributed by atoms with E-state index < -0.39 is 29.3 Å². The molecule has 0 heterocycles. The zero-order valence-corrected chi connectivity index (χ0v) is 11.8. The van der Waals surface area contributed by atoms with Gasteiger partial charge in [-0.25, -0.2) is 17.6 Å². The van der Waals surface area contributed by atoms with E-state index in [-0.39, 0.29) is 22.6 Å². The van der Waals surface area contributed by atoms with Crippen LogP contribution in [0, 0.1) is 23.3 Å². The van der Waals surface area contributed by atoms with Crippen LogP contribution in [-0.4, -0.2) is 7.05 Å². The predicted molar refractivity (Wildman–Crippen MR) is 73.2 cm³/mol. The van der Waals surface area contributed by atoms with Gasteiger partial charge in [-0.1, -0.05) is 23.7 Å².